The molecule has 20 heavy (non-hydrogen) atoms. The maximum absolute atomic E-state index is 11.4. The summed E-state index contributed by atoms with van der Waals surface area (Å²) in [4.78, 5) is 21.4. The van der Waals surface area contributed by atoms with Crippen LogP contribution in [0.4, 0.5) is 4.79 Å². The van der Waals surface area contributed by atoms with E-state index in [-0.39, 0.29) is 13.0 Å². The number of hydrogen-bond acceptors (Lipinski definition) is 5. The zero-order chi connectivity index (χ0) is 15.6. The first-order valence-corrected chi connectivity index (χ1v) is 7.91. The summed E-state index contributed by atoms with van der Waals surface area (Å²) in [5, 5.41) is 8.43. The van der Waals surface area contributed by atoms with Gasteiger partial charge in [-0.15, -0.1) is 0 Å². The monoisotopic (exact) mass is 310 g/mol. The molecule has 0 atom stereocenters. The largest absolute Gasteiger partial charge is 0.481 e. The minimum Gasteiger partial charge on any atom is -0.481 e. The summed E-state index contributed by atoms with van der Waals surface area (Å²) in [6.07, 6.45) is 1.27. The van der Waals surface area contributed by atoms with Crippen molar-refractivity contribution in [2.24, 2.45) is 0 Å². The molecule has 0 spiro atoms. The molecular formula is C11H22N2O6S. The molecule has 0 fully saturated rings. The zero-order valence-corrected chi connectivity index (χ0v) is 12.5. The molecule has 3 N–H and O–H groups in total. The number of hydrogen-bond donors (Lipinski definition) is 3. The Morgan fingerprint density at radius 1 is 1.15 bits per heavy atom. The van der Waals surface area contributed by atoms with Gasteiger partial charge in [0.15, 0.2) is 0 Å². The number of nitrogens with one attached hydrogen (secondary N) is 2. The predicted molar refractivity (Wildman–Crippen MR) is 72.4 cm³/mol. The molecule has 0 aromatic rings. The summed E-state index contributed by atoms with van der Waals surface area (Å²) in [7, 11) is -3.90. The van der Waals surface area contributed by atoms with E-state index in [2.05, 4.69) is 9.46 Å². The average molecular weight is 310 g/mol. The Labute approximate surface area is 119 Å². The standard InChI is InChI=1S/C11H22N2O6S/c1-9(2)19-11(16)13-20(17,18)12-8-6-4-3-5-7-10(14)15/h9,12H,3-8H2,1-2H3,(H,13,16)(H,14,15). The number of carbonyl (C=O) groups excluding carboxylic acids is 1. The lowest BCUT2D eigenvalue weighted by molar-refractivity contribution is -0.137. The third kappa shape index (κ3) is 11.7. The maximum atomic E-state index is 11.4. The van der Waals surface area contributed by atoms with E-state index < -0.39 is 28.4 Å². The zero-order valence-electron chi connectivity index (χ0n) is 11.7. The van der Waals surface area contributed by atoms with Crippen molar-refractivity contribution in [2.45, 2.75) is 52.1 Å². The van der Waals surface area contributed by atoms with Gasteiger partial charge in [0.05, 0.1) is 6.10 Å². The number of aliphatic carboxylic acids is 1. The Kier molecular flexibility index (Phi) is 8.89. The fourth-order valence-electron chi connectivity index (χ4n) is 1.35. The first kappa shape index (κ1) is 18.7. The Morgan fingerprint density at radius 3 is 2.30 bits per heavy atom. The minimum absolute atomic E-state index is 0.119. The van der Waals surface area contributed by atoms with Gasteiger partial charge in [0.2, 0.25) is 0 Å². The molecule has 0 unspecified atom stereocenters. The molecule has 0 radical (unpaired) electrons. The number of rotatable bonds is 10. The van der Waals surface area contributed by atoms with E-state index in [0.717, 1.165) is 6.42 Å². The fraction of sp³-hybridized carbons (Fsp3) is 0.818. The van der Waals surface area contributed by atoms with Crippen molar-refractivity contribution in [1.82, 2.24) is 9.44 Å². The predicted octanol–water partition coefficient (Wildman–Crippen LogP) is 0.990. The molecule has 9 heteroatoms. The molecule has 0 aromatic heterocycles. The second kappa shape index (κ2) is 9.54. The van der Waals surface area contributed by atoms with Crippen LogP contribution >= 0.6 is 0 Å². The first-order valence-electron chi connectivity index (χ1n) is 6.43. The van der Waals surface area contributed by atoms with Crippen molar-refractivity contribution in [3.05, 3.63) is 0 Å². The van der Waals surface area contributed by atoms with Crippen LogP contribution in [-0.4, -0.2) is 38.2 Å². The number of unbranched alkanes of at least 4 members (excludes halogenated alkanes) is 3. The van der Waals surface area contributed by atoms with Crippen LogP contribution in [0.25, 0.3) is 0 Å². The molecule has 0 rings (SSSR count). The Morgan fingerprint density at radius 2 is 1.75 bits per heavy atom. The molecule has 0 aliphatic heterocycles. The summed E-state index contributed by atoms with van der Waals surface area (Å²) in [6, 6.07) is 0. The van der Waals surface area contributed by atoms with Gasteiger partial charge in [-0.05, 0) is 26.7 Å². The van der Waals surface area contributed by atoms with E-state index in [9.17, 15) is 18.0 Å². The second-order valence-corrected chi connectivity index (χ2v) is 6.01. The summed E-state index contributed by atoms with van der Waals surface area (Å²) in [5.41, 5.74) is 0. The molecule has 0 bridgehead atoms. The van der Waals surface area contributed by atoms with Gasteiger partial charge in [-0.3, -0.25) is 4.79 Å². The molecule has 1 amide bonds. The lowest BCUT2D eigenvalue weighted by Gasteiger charge is -2.10. The van der Waals surface area contributed by atoms with Crippen molar-refractivity contribution < 1.29 is 27.9 Å². The fourth-order valence-corrected chi connectivity index (χ4v) is 2.10. The van der Waals surface area contributed by atoms with Crippen molar-refractivity contribution in [2.75, 3.05) is 6.54 Å². The van der Waals surface area contributed by atoms with Crippen LogP contribution in [-0.2, 0) is 19.7 Å². The quantitative estimate of drug-likeness (QED) is 0.517. The summed E-state index contributed by atoms with van der Waals surface area (Å²) in [5.74, 6) is -0.835. The first-order chi connectivity index (χ1) is 9.23. The summed E-state index contributed by atoms with van der Waals surface area (Å²) < 4.78 is 31.4. The van der Waals surface area contributed by atoms with Crippen LogP contribution in [0, 0.1) is 0 Å². The van der Waals surface area contributed by atoms with E-state index in [1.54, 1.807) is 18.6 Å². The molecule has 0 aliphatic rings. The van der Waals surface area contributed by atoms with Crippen LogP contribution in [0.1, 0.15) is 46.0 Å². The Bertz CT molecular complexity index is 407. The molecule has 0 aliphatic carbocycles. The molecule has 118 valence electrons. The van der Waals surface area contributed by atoms with Crippen LogP contribution in [0.5, 0.6) is 0 Å². The molecule has 0 aromatic carbocycles. The van der Waals surface area contributed by atoms with Crippen LogP contribution < -0.4 is 9.44 Å². The molecule has 0 saturated heterocycles. The smallest absolute Gasteiger partial charge is 0.422 e. The molecule has 8 nitrogen and oxygen atoms in total. The number of ether oxygens (including phenoxy) is 1. The molecular weight excluding hydrogens is 288 g/mol. The van der Waals surface area contributed by atoms with Crippen molar-refractivity contribution in [1.29, 1.82) is 0 Å². The van der Waals surface area contributed by atoms with Gasteiger partial charge in [0, 0.05) is 13.0 Å². The normalized spacial score (nSPS) is 11.3. The topological polar surface area (TPSA) is 122 Å². The molecule has 0 heterocycles. The van der Waals surface area contributed by atoms with Gasteiger partial charge < -0.3 is 9.84 Å². The van der Waals surface area contributed by atoms with Crippen LogP contribution in [0.2, 0.25) is 0 Å². The highest BCUT2D eigenvalue weighted by Gasteiger charge is 2.15. The highest BCUT2D eigenvalue weighted by molar-refractivity contribution is 7.88. The third-order valence-electron chi connectivity index (χ3n) is 2.17. The second-order valence-electron chi connectivity index (χ2n) is 4.51. The lowest BCUT2D eigenvalue weighted by Crippen LogP contribution is -2.41. The highest BCUT2D eigenvalue weighted by atomic mass is 32.2. The molecule has 0 saturated carbocycles. The Balaban J connectivity index is 3.72. The third-order valence-corrected chi connectivity index (χ3v) is 3.19. The van der Waals surface area contributed by atoms with Crippen molar-refractivity contribution in [3.63, 3.8) is 0 Å². The van der Waals surface area contributed by atoms with E-state index in [4.69, 9.17) is 5.11 Å². The van der Waals surface area contributed by atoms with Gasteiger partial charge in [0.1, 0.15) is 0 Å². The van der Waals surface area contributed by atoms with Gasteiger partial charge in [0.25, 0.3) is 0 Å². The Hall–Kier alpha value is -1.35. The van der Waals surface area contributed by atoms with Crippen LogP contribution in [0.15, 0.2) is 0 Å². The minimum atomic E-state index is -3.90. The maximum Gasteiger partial charge on any atom is 0.422 e. The summed E-state index contributed by atoms with van der Waals surface area (Å²) in [6.45, 7) is 3.39. The average Bonchev–Trinajstić information content (AvgIpc) is 2.24. The number of carboxylic acids is 1. The van der Waals surface area contributed by atoms with E-state index in [1.807, 2.05) is 0 Å². The van der Waals surface area contributed by atoms with Crippen molar-refractivity contribution in [3.8, 4) is 0 Å². The van der Waals surface area contributed by atoms with Gasteiger partial charge in [-0.1, -0.05) is 12.8 Å². The van der Waals surface area contributed by atoms with E-state index in [0.29, 0.717) is 19.3 Å². The van der Waals surface area contributed by atoms with E-state index in [1.165, 1.54) is 0 Å². The van der Waals surface area contributed by atoms with Gasteiger partial charge in [-0.2, -0.15) is 13.1 Å². The van der Waals surface area contributed by atoms with E-state index >= 15 is 0 Å². The summed E-state index contributed by atoms with van der Waals surface area (Å²) >= 11 is 0. The number of carbonyl (C=O) groups is 2. The van der Waals surface area contributed by atoms with Gasteiger partial charge in [-0.25, -0.2) is 9.52 Å². The SMILES string of the molecule is CC(C)OC(=O)NS(=O)(=O)NCCCCCCC(=O)O. The van der Waals surface area contributed by atoms with Crippen LogP contribution in [0.3, 0.4) is 0 Å². The lowest BCUT2D eigenvalue weighted by atomic mass is 10.1. The van der Waals surface area contributed by atoms with Crippen molar-refractivity contribution >= 4 is 22.3 Å². The number of carboxylic acid groups (broad SMARTS) is 1. The number of amides is 1. The van der Waals surface area contributed by atoms with Gasteiger partial charge >= 0.3 is 22.3 Å². The highest BCUT2D eigenvalue weighted by Crippen LogP contribution is 2.02.